The maximum atomic E-state index is 11.1. The number of nitrogens with zero attached hydrogens (tertiary/aromatic N) is 1. The van der Waals surface area contributed by atoms with Crippen LogP contribution in [0.5, 0.6) is 0 Å². The second-order valence-electron chi connectivity index (χ2n) is 4.71. The van der Waals surface area contributed by atoms with Crippen molar-refractivity contribution in [2.24, 2.45) is 0 Å². The van der Waals surface area contributed by atoms with Gasteiger partial charge < -0.3 is 15.2 Å². The summed E-state index contributed by atoms with van der Waals surface area (Å²) in [5, 5.41) is 12.2. The first kappa shape index (κ1) is 15.9. The van der Waals surface area contributed by atoms with Crippen molar-refractivity contribution in [2.45, 2.75) is 38.6 Å². The van der Waals surface area contributed by atoms with E-state index in [4.69, 9.17) is 9.84 Å². The van der Waals surface area contributed by atoms with Gasteiger partial charge in [0, 0.05) is 26.1 Å². The van der Waals surface area contributed by atoms with E-state index in [2.05, 4.69) is 5.32 Å². The molecule has 1 atom stereocenters. The van der Waals surface area contributed by atoms with Gasteiger partial charge in [0.15, 0.2) is 0 Å². The quantitative estimate of drug-likeness (QED) is 0.494. The van der Waals surface area contributed by atoms with Crippen molar-refractivity contribution >= 4 is 11.9 Å². The van der Waals surface area contributed by atoms with Gasteiger partial charge in [0.1, 0.15) is 6.04 Å². The predicted octanol–water partition coefficient (Wildman–Crippen LogP) is 0.468. The Labute approximate surface area is 114 Å². The summed E-state index contributed by atoms with van der Waals surface area (Å²) in [4.78, 5) is 24.2. The Kier molecular flexibility index (Phi) is 7.43. The van der Waals surface area contributed by atoms with E-state index in [0.717, 1.165) is 38.9 Å². The Morgan fingerprint density at radius 2 is 2.16 bits per heavy atom. The van der Waals surface area contributed by atoms with Gasteiger partial charge >= 0.3 is 11.9 Å². The molecule has 1 rings (SSSR count). The molecule has 0 aromatic carbocycles. The third kappa shape index (κ3) is 6.02. The molecular formula is C13H24N2O4. The van der Waals surface area contributed by atoms with Gasteiger partial charge in [0.2, 0.25) is 0 Å². The van der Waals surface area contributed by atoms with Gasteiger partial charge in [-0.25, -0.2) is 0 Å². The van der Waals surface area contributed by atoms with Crippen LogP contribution in [-0.4, -0.2) is 60.8 Å². The number of carboxylic acid groups (broad SMARTS) is 1. The number of hydrogen-bond acceptors (Lipinski definition) is 5. The lowest BCUT2D eigenvalue weighted by molar-refractivity contribution is -0.144. The zero-order valence-corrected chi connectivity index (χ0v) is 11.6. The fraction of sp³-hybridized carbons (Fsp3) is 0.846. The lowest BCUT2D eigenvalue weighted by Gasteiger charge is -2.33. The van der Waals surface area contributed by atoms with Crippen molar-refractivity contribution in [3.05, 3.63) is 0 Å². The van der Waals surface area contributed by atoms with Gasteiger partial charge in [0.05, 0.1) is 6.61 Å². The highest BCUT2D eigenvalue weighted by Crippen LogP contribution is 2.08. The predicted molar refractivity (Wildman–Crippen MR) is 71.0 cm³/mol. The molecule has 0 spiro atoms. The lowest BCUT2D eigenvalue weighted by Crippen LogP contribution is -2.55. The smallest absolute Gasteiger partial charge is 0.322 e. The van der Waals surface area contributed by atoms with E-state index in [1.807, 2.05) is 4.90 Å². The van der Waals surface area contributed by atoms with Crippen LogP contribution < -0.4 is 5.32 Å². The van der Waals surface area contributed by atoms with Crippen molar-refractivity contribution in [3.63, 3.8) is 0 Å². The number of ether oxygens (including phenoxy) is 1. The Balaban J connectivity index is 2.13. The van der Waals surface area contributed by atoms with Crippen LogP contribution in [0.1, 0.15) is 32.6 Å². The second kappa shape index (κ2) is 8.87. The number of rotatable bonds is 8. The topological polar surface area (TPSA) is 78.9 Å². The average molecular weight is 272 g/mol. The first-order chi connectivity index (χ1) is 9.15. The van der Waals surface area contributed by atoms with Gasteiger partial charge in [-0.15, -0.1) is 0 Å². The number of nitrogens with one attached hydrogen (secondary N) is 1. The van der Waals surface area contributed by atoms with Crippen molar-refractivity contribution < 1.29 is 19.4 Å². The van der Waals surface area contributed by atoms with Crippen molar-refractivity contribution in [3.8, 4) is 0 Å². The Morgan fingerprint density at radius 3 is 2.84 bits per heavy atom. The number of esters is 1. The van der Waals surface area contributed by atoms with Crippen molar-refractivity contribution in [2.75, 3.05) is 32.8 Å². The molecule has 6 heteroatoms. The van der Waals surface area contributed by atoms with Crippen LogP contribution in [-0.2, 0) is 14.3 Å². The summed E-state index contributed by atoms with van der Waals surface area (Å²) in [7, 11) is 0. The van der Waals surface area contributed by atoms with Crippen molar-refractivity contribution in [1.82, 2.24) is 10.2 Å². The molecule has 19 heavy (non-hydrogen) atoms. The van der Waals surface area contributed by atoms with E-state index in [-0.39, 0.29) is 5.97 Å². The number of aliphatic carboxylic acids is 1. The molecule has 1 aliphatic rings. The van der Waals surface area contributed by atoms with Crippen LogP contribution in [0.2, 0.25) is 0 Å². The van der Waals surface area contributed by atoms with E-state index in [1.54, 1.807) is 6.92 Å². The standard InChI is InChI=1S/C13H24N2O4/c1-2-19-12(16)6-4-3-5-8-15-9-7-14-10-11(15)13(17)18/h11,14H,2-10H2,1H3,(H,17,18). The van der Waals surface area contributed by atoms with E-state index < -0.39 is 12.0 Å². The van der Waals surface area contributed by atoms with Gasteiger partial charge in [-0.1, -0.05) is 6.42 Å². The molecule has 0 aromatic rings. The van der Waals surface area contributed by atoms with E-state index in [9.17, 15) is 9.59 Å². The minimum absolute atomic E-state index is 0.145. The van der Waals surface area contributed by atoms with Crippen LogP contribution in [0, 0.1) is 0 Å². The first-order valence-corrected chi connectivity index (χ1v) is 6.98. The third-order valence-corrected chi connectivity index (χ3v) is 3.27. The molecule has 0 saturated carbocycles. The fourth-order valence-electron chi connectivity index (χ4n) is 2.25. The van der Waals surface area contributed by atoms with Crippen molar-refractivity contribution in [1.29, 1.82) is 0 Å². The molecular weight excluding hydrogens is 248 g/mol. The molecule has 0 bridgehead atoms. The molecule has 0 aliphatic carbocycles. The van der Waals surface area contributed by atoms with Crippen LogP contribution >= 0.6 is 0 Å². The molecule has 2 N–H and O–H groups in total. The highest BCUT2D eigenvalue weighted by atomic mass is 16.5. The van der Waals surface area contributed by atoms with E-state index in [0.29, 0.717) is 19.6 Å². The summed E-state index contributed by atoms with van der Waals surface area (Å²) < 4.78 is 4.85. The van der Waals surface area contributed by atoms with Gasteiger partial charge in [-0.3, -0.25) is 14.5 Å². The average Bonchev–Trinajstić information content (AvgIpc) is 2.39. The SMILES string of the molecule is CCOC(=O)CCCCCN1CCNCC1C(=O)O. The molecule has 0 amide bonds. The number of piperazine rings is 1. The van der Waals surface area contributed by atoms with E-state index in [1.165, 1.54) is 0 Å². The Morgan fingerprint density at radius 1 is 1.37 bits per heavy atom. The van der Waals surface area contributed by atoms with Gasteiger partial charge in [-0.05, 0) is 26.3 Å². The second-order valence-corrected chi connectivity index (χ2v) is 4.71. The van der Waals surface area contributed by atoms with E-state index >= 15 is 0 Å². The maximum Gasteiger partial charge on any atom is 0.322 e. The number of carbonyl (C=O) groups excluding carboxylic acids is 1. The molecule has 1 fully saturated rings. The summed E-state index contributed by atoms with van der Waals surface area (Å²) in [5.74, 6) is -0.910. The highest BCUT2D eigenvalue weighted by molar-refractivity contribution is 5.74. The van der Waals surface area contributed by atoms with Crippen LogP contribution in [0.3, 0.4) is 0 Å². The van der Waals surface area contributed by atoms with Crippen LogP contribution in [0.4, 0.5) is 0 Å². The molecule has 1 aliphatic heterocycles. The van der Waals surface area contributed by atoms with Gasteiger partial charge in [-0.2, -0.15) is 0 Å². The fourth-order valence-corrected chi connectivity index (χ4v) is 2.25. The largest absolute Gasteiger partial charge is 0.480 e. The molecule has 0 aromatic heterocycles. The van der Waals surface area contributed by atoms with Gasteiger partial charge in [0.25, 0.3) is 0 Å². The minimum Gasteiger partial charge on any atom is -0.480 e. The van der Waals surface area contributed by atoms with Crippen LogP contribution in [0.15, 0.2) is 0 Å². The number of carboxylic acids is 1. The monoisotopic (exact) mass is 272 g/mol. The Bertz CT molecular complexity index is 296. The third-order valence-electron chi connectivity index (χ3n) is 3.27. The molecule has 0 radical (unpaired) electrons. The molecule has 1 heterocycles. The zero-order valence-electron chi connectivity index (χ0n) is 11.6. The number of unbranched alkanes of at least 4 members (excludes halogenated alkanes) is 2. The normalized spacial score (nSPS) is 20.2. The number of hydrogen-bond donors (Lipinski definition) is 2. The molecule has 110 valence electrons. The summed E-state index contributed by atoms with van der Waals surface area (Å²) in [5.41, 5.74) is 0. The zero-order chi connectivity index (χ0) is 14.1. The minimum atomic E-state index is -0.765. The summed E-state index contributed by atoms with van der Waals surface area (Å²) in [6.45, 7) is 5.13. The number of carbonyl (C=O) groups is 2. The summed E-state index contributed by atoms with van der Waals surface area (Å²) in [6, 6.07) is -0.418. The molecule has 1 unspecified atom stereocenters. The summed E-state index contributed by atoms with van der Waals surface area (Å²) >= 11 is 0. The first-order valence-electron chi connectivity index (χ1n) is 6.98. The highest BCUT2D eigenvalue weighted by Gasteiger charge is 2.27. The summed E-state index contributed by atoms with van der Waals surface area (Å²) in [6.07, 6.45) is 3.11. The lowest BCUT2D eigenvalue weighted by atomic mass is 10.1. The maximum absolute atomic E-state index is 11.1. The molecule has 1 saturated heterocycles. The Hall–Kier alpha value is -1.14. The van der Waals surface area contributed by atoms with Crippen LogP contribution in [0.25, 0.3) is 0 Å². The molecule has 6 nitrogen and oxygen atoms in total.